The normalized spacial score (nSPS) is 14.1. The summed E-state index contributed by atoms with van der Waals surface area (Å²) >= 11 is 0. The highest BCUT2D eigenvalue weighted by Gasteiger charge is 2.23. The lowest BCUT2D eigenvalue weighted by Gasteiger charge is -2.34. The number of benzene rings is 1. The van der Waals surface area contributed by atoms with E-state index in [1.807, 2.05) is 19.9 Å². The van der Waals surface area contributed by atoms with E-state index in [-0.39, 0.29) is 11.9 Å². The molecule has 28 heavy (non-hydrogen) atoms. The summed E-state index contributed by atoms with van der Waals surface area (Å²) in [5, 5.41) is 3.24. The van der Waals surface area contributed by atoms with Crippen LogP contribution in [0, 0.1) is 12.7 Å². The zero-order valence-corrected chi connectivity index (χ0v) is 16.3. The van der Waals surface area contributed by atoms with Crippen molar-refractivity contribution in [2.45, 2.75) is 20.3 Å². The van der Waals surface area contributed by atoms with Crippen molar-refractivity contribution < 1.29 is 13.9 Å². The van der Waals surface area contributed by atoms with Gasteiger partial charge in [0, 0.05) is 44.5 Å². The summed E-state index contributed by atoms with van der Waals surface area (Å²) in [4.78, 5) is 24.8. The van der Waals surface area contributed by atoms with E-state index in [0.29, 0.717) is 45.3 Å². The maximum absolute atomic E-state index is 13.0. The van der Waals surface area contributed by atoms with Crippen LogP contribution in [-0.4, -0.2) is 60.3 Å². The van der Waals surface area contributed by atoms with Crippen LogP contribution in [0.4, 0.5) is 21.0 Å². The molecule has 8 heteroatoms. The Labute approximate surface area is 164 Å². The second-order valence-electron chi connectivity index (χ2n) is 6.67. The van der Waals surface area contributed by atoms with E-state index < -0.39 is 0 Å². The largest absolute Gasteiger partial charge is 0.450 e. The molecule has 1 fully saturated rings. The number of carbonyl (C=O) groups excluding carboxylic acids is 1. The number of hydrogen-bond acceptors (Lipinski definition) is 6. The summed E-state index contributed by atoms with van der Waals surface area (Å²) in [6.45, 7) is 7.40. The van der Waals surface area contributed by atoms with Crippen molar-refractivity contribution in [2.75, 3.05) is 49.5 Å². The van der Waals surface area contributed by atoms with Crippen LogP contribution >= 0.6 is 0 Å². The summed E-state index contributed by atoms with van der Waals surface area (Å²) in [7, 11) is 0. The summed E-state index contributed by atoms with van der Waals surface area (Å²) < 4.78 is 18.0. The van der Waals surface area contributed by atoms with Crippen molar-refractivity contribution in [1.82, 2.24) is 14.9 Å². The monoisotopic (exact) mass is 387 g/mol. The Kier molecular flexibility index (Phi) is 6.62. The van der Waals surface area contributed by atoms with Gasteiger partial charge in [0.2, 0.25) is 5.95 Å². The van der Waals surface area contributed by atoms with E-state index in [1.165, 1.54) is 12.1 Å². The van der Waals surface area contributed by atoms with E-state index >= 15 is 0 Å². The highest BCUT2D eigenvalue weighted by Crippen LogP contribution is 2.17. The Bertz CT molecular complexity index is 792. The first kappa shape index (κ1) is 19.9. The van der Waals surface area contributed by atoms with Crippen molar-refractivity contribution >= 4 is 17.9 Å². The molecule has 1 aromatic heterocycles. The highest BCUT2D eigenvalue weighted by atomic mass is 19.1. The second-order valence-corrected chi connectivity index (χ2v) is 6.67. The quantitative estimate of drug-likeness (QED) is 0.822. The van der Waals surface area contributed by atoms with E-state index in [0.717, 1.165) is 23.5 Å². The van der Waals surface area contributed by atoms with Crippen LogP contribution in [0.15, 0.2) is 30.3 Å². The second kappa shape index (κ2) is 9.34. The summed E-state index contributed by atoms with van der Waals surface area (Å²) in [5.41, 5.74) is 1.93. The Morgan fingerprint density at radius 3 is 2.57 bits per heavy atom. The third-order valence-corrected chi connectivity index (χ3v) is 4.58. The molecule has 0 saturated carbocycles. The zero-order valence-electron chi connectivity index (χ0n) is 16.3. The maximum Gasteiger partial charge on any atom is 0.409 e. The minimum absolute atomic E-state index is 0.230. The number of aromatic nitrogens is 2. The van der Waals surface area contributed by atoms with Crippen molar-refractivity contribution in [3.8, 4) is 0 Å². The van der Waals surface area contributed by atoms with Crippen molar-refractivity contribution in [2.24, 2.45) is 0 Å². The highest BCUT2D eigenvalue weighted by molar-refractivity contribution is 5.68. The SMILES string of the molecule is CCOC(=O)N1CCN(c2cc(C)nc(NCCc3ccc(F)cc3)n2)CC1. The van der Waals surface area contributed by atoms with Crippen LogP contribution in [0.1, 0.15) is 18.2 Å². The fraction of sp³-hybridized carbons (Fsp3) is 0.450. The van der Waals surface area contributed by atoms with Crippen LogP contribution in [0.3, 0.4) is 0 Å². The minimum atomic E-state index is -0.260. The molecule has 150 valence electrons. The van der Waals surface area contributed by atoms with Gasteiger partial charge in [-0.1, -0.05) is 12.1 Å². The number of rotatable bonds is 6. The number of nitrogens with zero attached hydrogens (tertiary/aromatic N) is 4. The van der Waals surface area contributed by atoms with Crippen LogP contribution in [0.5, 0.6) is 0 Å². The molecule has 0 atom stereocenters. The lowest BCUT2D eigenvalue weighted by molar-refractivity contribution is 0.105. The minimum Gasteiger partial charge on any atom is -0.450 e. The van der Waals surface area contributed by atoms with E-state index in [9.17, 15) is 9.18 Å². The fourth-order valence-corrected chi connectivity index (χ4v) is 3.10. The van der Waals surface area contributed by atoms with Gasteiger partial charge in [-0.3, -0.25) is 0 Å². The first-order valence-corrected chi connectivity index (χ1v) is 9.56. The smallest absolute Gasteiger partial charge is 0.409 e. The number of halogens is 1. The number of nitrogens with one attached hydrogen (secondary N) is 1. The number of piperazine rings is 1. The van der Waals surface area contributed by atoms with Gasteiger partial charge in [-0.15, -0.1) is 0 Å². The average molecular weight is 387 g/mol. The van der Waals surface area contributed by atoms with E-state index in [4.69, 9.17) is 4.74 Å². The summed E-state index contributed by atoms with van der Waals surface area (Å²) in [5.74, 6) is 1.19. The number of ether oxygens (including phenoxy) is 1. The molecule has 1 aliphatic heterocycles. The zero-order chi connectivity index (χ0) is 19.9. The summed E-state index contributed by atoms with van der Waals surface area (Å²) in [6.07, 6.45) is 0.495. The molecule has 1 amide bonds. The Morgan fingerprint density at radius 1 is 1.18 bits per heavy atom. The third kappa shape index (κ3) is 5.31. The molecule has 7 nitrogen and oxygen atoms in total. The molecule has 0 bridgehead atoms. The van der Waals surface area contributed by atoms with Gasteiger partial charge < -0.3 is 19.9 Å². The summed E-state index contributed by atoms with van der Waals surface area (Å²) in [6, 6.07) is 8.44. The molecule has 1 aliphatic rings. The van der Waals surface area contributed by atoms with Gasteiger partial charge in [0.1, 0.15) is 11.6 Å². The van der Waals surface area contributed by atoms with Crippen molar-refractivity contribution in [1.29, 1.82) is 0 Å². The molecular weight excluding hydrogens is 361 g/mol. The topological polar surface area (TPSA) is 70.6 Å². The standard InChI is InChI=1S/C20H26FN5O2/c1-3-28-20(27)26-12-10-25(11-13-26)18-14-15(2)23-19(24-18)22-9-8-16-4-6-17(21)7-5-16/h4-7,14H,3,8-13H2,1-2H3,(H,22,23,24). The van der Waals surface area contributed by atoms with E-state index in [1.54, 1.807) is 17.0 Å². The first-order chi connectivity index (χ1) is 13.5. The Balaban J connectivity index is 1.56. The number of amides is 1. The molecule has 1 saturated heterocycles. The van der Waals surface area contributed by atoms with Crippen molar-refractivity contribution in [3.05, 3.63) is 47.4 Å². The van der Waals surface area contributed by atoms with Gasteiger partial charge in [0.25, 0.3) is 0 Å². The van der Waals surface area contributed by atoms with Crippen LogP contribution in [0.25, 0.3) is 0 Å². The van der Waals surface area contributed by atoms with Gasteiger partial charge in [-0.05, 0) is 38.0 Å². The predicted octanol–water partition coefficient (Wildman–Crippen LogP) is 2.86. The van der Waals surface area contributed by atoms with E-state index in [2.05, 4.69) is 20.2 Å². The Hall–Kier alpha value is -2.90. The van der Waals surface area contributed by atoms with Gasteiger partial charge in [-0.2, -0.15) is 4.98 Å². The maximum atomic E-state index is 13.0. The Morgan fingerprint density at radius 2 is 1.89 bits per heavy atom. The van der Waals surface area contributed by atoms with Crippen LogP contribution in [-0.2, 0) is 11.2 Å². The molecule has 0 spiro atoms. The lowest BCUT2D eigenvalue weighted by atomic mass is 10.1. The molecule has 2 aromatic rings. The number of aryl methyl sites for hydroxylation is 1. The predicted molar refractivity (Wildman–Crippen MR) is 106 cm³/mol. The number of anilines is 2. The average Bonchev–Trinajstić information content (AvgIpc) is 2.69. The van der Waals surface area contributed by atoms with Crippen molar-refractivity contribution in [3.63, 3.8) is 0 Å². The number of hydrogen-bond donors (Lipinski definition) is 1. The fourth-order valence-electron chi connectivity index (χ4n) is 3.10. The van der Waals surface area contributed by atoms with Gasteiger partial charge in [-0.25, -0.2) is 14.2 Å². The van der Waals surface area contributed by atoms with Gasteiger partial charge in [0.15, 0.2) is 0 Å². The molecule has 1 N–H and O–H groups in total. The molecular formula is C20H26FN5O2. The van der Waals surface area contributed by atoms with Gasteiger partial charge in [0.05, 0.1) is 6.61 Å². The third-order valence-electron chi connectivity index (χ3n) is 4.58. The molecule has 0 aliphatic carbocycles. The molecule has 3 rings (SSSR count). The first-order valence-electron chi connectivity index (χ1n) is 9.56. The molecule has 2 heterocycles. The molecule has 0 radical (unpaired) electrons. The number of carbonyl (C=O) groups is 1. The van der Waals surface area contributed by atoms with Gasteiger partial charge >= 0.3 is 6.09 Å². The lowest BCUT2D eigenvalue weighted by Crippen LogP contribution is -2.49. The molecule has 1 aromatic carbocycles. The van der Waals surface area contributed by atoms with Crippen LogP contribution in [0.2, 0.25) is 0 Å². The molecule has 0 unspecified atom stereocenters. The van der Waals surface area contributed by atoms with Crippen LogP contribution < -0.4 is 10.2 Å².